The van der Waals surface area contributed by atoms with Gasteiger partial charge in [0.15, 0.2) is 0 Å². The number of hydrogen-bond acceptors (Lipinski definition) is 3. The van der Waals surface area contributed by atoms with Crippen molar-refractivity contribution in [2.24, 2.45) is 0 Å². The molecular formula is C19H22ClFN2O2. The number of nitrogens with one attached hydrogen (secondary N) is 1. The molecule has 134 valence electrons. The van der Waals surface area contributed by atoms with Crippen molar-refractivity contribution in [2.45, 2.75) is 38.8 Å². The molecule has 0 aromatic heterocycles. The first kappa shape index (κ1) is 19.1. The third kappa shape index (κ3) is 4.04. The van der Waals surface area contributed by atoms with Crippen molar-refractivity contribution in [1.82, 2.24) is 5.32 Å². The van der Waals surface area contributed by atoms with Gasteiger partial charge in [-0.3, -0.25) is 4.79 Å². The lowest BCUT2D eigenvalue weighted by molar-refractivity contribution is 0.0620. The largest absolute Gasteiger partial charge is 0.487 e. The molecule has 3 N–H and O–H groups in total. The Balaban J connectivity index is 0.00000225. The molecule has 1 atom stereocenters. The summed E-state index contributed by atoms with van der Waals surface area (Å²) >= 11 is 0. The van der Waals surface area contributed by atoms with E-state index in [1.165, 1.54) is 6.07 Å². The molecule has 1 heterocycles. The number of amides is 1. The zero-order valence-electron chi connectivity index (χ0n) is 14.4. The lowest BCUT2D eigenvalue weighted by Crippen LogP contribution is -2.41. The van der Waals surface area contributed by atoms with E-state index in [0.717, 1.165) is 5.56 Å². The van der Waals surface area contributed by atoms with Crippen LogP contribution in [0.4, 0.5) is 10.1 Å². The summed E-state index contributed by atoms with van der Waals surface area (Å²) in [6, 6.07) is 9.64. The average Bonchev–Trinajstić information content (AvgIpc) is 2.50. The maximum absolute atomic E-state index is 13.7. The Morgan fingerprint density at radius 2 is 2.00 bits per heavy atom. The number of fused-ring (bicyclic) bond motifs is 1. The van der Waals surface area contributed by atoms with E-state index in [0.29, 0.717) is 29.0 Å². The van der Waals surface area contributed by atoms with Crippen LogP contribution in [0.25, 0.3) is 0 Å². The standard InChI is InChI=1S/C19H21FN2O2.ClH/c1-11-4-5-12(8-15(11)20)18(23)22-16-10-19(2,3)24-17-7-6-13(21)9-14(16)17;/h4-9,16H,10,21H2,1-3H3,(H,22,23);1H. The molecule has 25 heavy (non-hydrogen) atoms. The Labute approximate surface area is 153 Å². The molecule has 0 spiro atoms. The molecule has 4 nitrogen and oxygen atoms in total. The van der Waals surface area contributed by atoms with E-state index in [1.54, 1.807) is 25.1 Å². The predicted molar refractivity (Wildman–Crippen MR) is 98.8 cm³/mol. The maximum Gasteiger partial charge on any atom is 0.251 e. The SMILES string of the molecule is Cc1ccc(C(=O)NC2CC(C)(C)Oc3ccc(N)cc32)cc1F.Cl. The summed E-state index contributed by atoms with van der Waals surface area (Å²) in [4.78, 5) is 12.5. The number of aryl methyl sites for hydroxylation is 1. The van der Waals surface area contributed by atoms with Gasteiger partial charge in [0.25, 0.3) is 5.91 Å². The molecule has 0 saturated heterocycles. The van der Waals surface area contributed by atoms with E-state index in [2.05, 4.69) is 5.32 Å². The number of carbonyl (C=O) groups excluding carboxylic acids is 1. The number of rotatable bonds is 2. The fourth-order valence-corrected chi connectivity index (χ4v) is 2.98. The fourth-order valence-electron chi connectivity index (χ4n) is 2.98. The van der Waals surface area contributed by atoms with Crippen molar-refractivity contribution in [2.75, 3.05) is 5.73 Å². The normalized spacial score (nSPS) is 17.7. The van der Waals surface area contributed by atoms with E-state index in [1.807, 2.05) is 26.0 Å². The van der Waals surface area contributed by atoms with Crippen LogP contribution in [0, 0.1) is 12.7 Å². The van der Waals surface area contributed by atoms with Gasteiger partial charge >= 0.3 is 0 Å². The van der Waals surface area contributed by atoms with Crippen LogP contribution in [0.2, 0.25) is 0 Å². The molecule has 0 radical (unpaired) electrons. The van der Waals surface area contributed by atoms with Crippen molar-refractivity contribution in [3.63, 3.8) is 0 Å². The first-order valence-corrected chi connectivity index (χ1v) is 7.91. The molecule has 0 fully saturated rings. The molecule has 0 bridgehead atoms. The molecule has 1 unspecified atom stereocenters. The van der Waals surface area contributed by atoms with E-state index in [-0.39, 0.29) is 30.2 Å². The van der Waals surface area contributed by atoms with Gasteiger partial charge < -0.3 is 15.8 Å². The van der Waals surface area contributed by atoms with Gasteiger partial charge in [-0.15, -0.1) is 12.4 Å². The number of nitrogens with two attached hydrogens (primary N) is 1. The highest BCUT2D eigenvalue weighted by Crippen LogP contribution is 2.40. The van der Waals surface area contributed by atoms with Crippen LogP contribution < -0.4 is 15.8 Å². The summed E-state index contributed by atoms with van der Waals surface area (Å²) in [5, 5.41) is 2.98. The van der Waals surface area contributed by atoms with Crippen LogP contribution in [0.5, 0.6) is 5.75 Å². The molecule has 2 aromatic carbocycles. The van der Waals surface area contributed by atoms with Crippen molar-refractivity contribution < 1.29 is 13.9 Å². The zero-order valence-corrected chi connectivity index (χ0v) is 15.2. The van der Waals surface area contributed by atoms with Crippen LogP contribution in [0.15, 0.2) is 36.4 Å². The third-order valence-electron chi connectivity index (χ3n) is 4.23. The summed E-state index contributed by atoms with van der Waals surface area (Å²) in [7, 11) is 0. The minimum Gasteiger partial charge on any atom is -0.487 e. The molecule has 0 saturated carbocycles. The third-order valence-corrected chi connectivity index (χ3v) is 4.23. The van der Waals surface area contributed by atoms with Crippen molar-refractivity contribution in [1.29, 1.82) is 0 Å². The maximum atomic E-state index is 13.7. The van der Waals surface area contributed by atoms with Crippen LogP contribution in [0.3, 0.4) is 0 Å². The quantitative estimate of drug-likeness (QED) is 0.786. The second kappa shape index (κ2) is 6.92. The second-order valence-electron chi connectivity index (χ2n) is 6.85. The van der Waals surface area contributed by atoms with E-state index >= 15 is 0 Å². The Hall–Kier alpha value is -2.27. The lowest BCUT2D eigenvalue weighted by atomic mass is 9.89. The summed E-state index contributed by atoms with van der Waals surface area (Å²) in [5.74, 6) is 0.00501. The summed E-state index contributed by atoms with van der Waals surface area (Å²) < 4.78 is 19.7. The number of halogens is 2. The number of ether oxygens (including phenoxy) is 1. The topological polar surface area (TPSA) is 64.3 Å². The minimum absolute atomic E-state index is 0. The molecule has 3 rings (SSSR count). The van der Waals surface area contributed by atoms with E-state index in [9.17, 15) is 9.18 Å². The molecule has 1 aliphatic heterocycles. The smallest absolute Gasteiger partial charge is 0.251 e. The van der Waals surface area contributed by atoms with Crippen molar-refractivity contribution >= 4 is 24.0 Å². The molecule has 0 aliphatic carbocycles. The van der Waals surface area contributed by atoms with Gasteiger partial charge in [-0.05, 0) is 56.7 Å². The Morgan fingerprint density at radius 1 is 1.28 bits per heavy atom. The average molecular weight is 365 g/mol. The highest BCUT2D eigenvalue weighted by Gasteiger charge is 2.34. The molecular weight excluding hydrogens is 343 g/mol. The summed E-state index contributed by atoms with van der Waals surface area (Å²) in [6.07, 6.45) is 0.601. The predicted octanol–water partition coefficient (Wildman–Crippen LogP) is 4.17. The molecule has 1 amide bonds. The highest BCUT2D eigenvalue weighted by molar-refractivity contribution is 5.94. The van der Waals surface area contributed by atoms with Gasteiger partial charge in [-0.2, -0.15) is 0 Å². The number of carbonyl (C=O) groups is 1. The van der Waals surface area contributed by atoms with Crippen LogP contribution in [-0.2, 0) is 0 Å². The zero-order chi connectivity index (χ0) is 17.5. The summed E-state index contributed by atoms with van der Waals surface area (Å²) in [5.41, 5.74) is 7.72. The van der Waals surface area contributed by atoms with Crippen molar-refractivity contribution in [3.8, 4) is 5.75 Å². The number of hydrogen-bond donors (Lipinski definition) is 2. The fraction of sp³-hybridized carbons (Fsp3) is 0.316. The van der Waals surface area contributed by atoms with E-state index < -0.39 is 5.60 Å². The second-order valence-corrected chi connectivity index (χ2v) is 6.85. The van der Waals surface area contributed by atoms with Gasteiger partial charge in [-0.25, -0.2) is 4.39 Å². The Kier molecular flexibility index (Phi) is 5.28. The van der Waals surface area contributed by atoms with Crippen LogP contribution in [-0.4, -0.2) is 11.5 Å². The van der Waals surface area contributed by atoms with Gasteiger partial charge in [0.1, 0.15) is 17.2 Å². The minimum atomic E-state index is -0.417. The van der Waals surface area contributed by atoms with Gasteiger partial charge in [0, 0.05) is 23.2 Å². The van der Waals surface area contributed by atoms with E-state index in [4.69, 9.17) is 10.5 Å². The van der Waals surface area contributed by atoms with Crippen molar-refractivity contribution in [3.05, 3.63) is 58.9 Å². The first-order chi connectivity index (χ1) is 11.2. The Morgan fingerprint density at radius 3 is 2.68 bits per heavy atom. The van der Waals surface area contributed by atoms with Crippen LogP contribution in [0.1, 0.15) is 47.8 Å². The Bertz CT molecular complexity index is 808. The van der Waals surface area contributed by atoms with Gasteiger partial charge in [0.05, 0.1) is 6.04 Å². The van der Waals surface area contributed by atoms with Gasteiger partial charge in [0.2, 0.25) is 0 Å². The molecule has 6 heteroatoms. The van der Waals surface area contributed by atoms with Crippen LogP contribution >= 0.6 is 12.4 Å². The number of anilines is 1. The number of benzene rings is 2. The molecule has 1 aliphatic rings. The lowest BCUT2D eigenvalue weighted by Gasteiger charge is -2.38. The summed E-state index contributed by atoms with van der Waals surface area (Å²) in [6.45, 7) is 5.60. The highest BCUT2D eigenvalue weighted by atomic mass is 35.5. The number of nitrogen functional groups attached to an aromatic ring is 1. The monoisotopic (exact) mass is 364 g/mol. The van der Waals surface area contributed by atoms with Gasteiger partial charge in [-0.1, -0.05) is 6.07 Å². The first-order valence-electron chi connectivity index (χ1n) is 7.91. The molecule has 2 aromatic rings.